The lowest BCUT2D eigenvalue weighted by Crippen LogP contribution is -2.15. The van der Waals surface area contributed by atoms with Gasteiger partial charge in [-0.25, -0.2) is 0 Å². The molecule has 0 unspecified atom stereocenters. The molecule has 1 aromatic carbocycles. The van der Waals surface area contributed by atoms with Crippen LogP contribution in [0.5, 0.6) is 11.5 Å². The Kier molecular flexibility index (Phi) is 4.61. The van der Waals surface area contributed by atoms with E-state index in [0.717, 1.165) is 32.1 Å². The first kappa shape index (κ1) is 14.6. The van der Waals surface area contributed by atoms with E-state index in [0.29, 0.717) is 12.5 Å². The van der Waals surface area contributed by atoms with Crippen LogP contribution in [0.15, 0.2) is 12.1 Å². The van der Waals surface area contributed by atoms with Gasteiger partial charge in [-0.15, -0.1) is 0 Å². The van der Waals surface area contributed by atoms with Gasteiger partial charge in [0.25, 0.3) is 0 Å². The average molecular weight is 296 g/mol. The van der Waals surface area contributed by atoms with Crippen molar-refractivity contribution in [2.45, 2.75) is 57.5 Å². The average Bonchev–Trinajstić information content (AvgIpc) is 2.93. The lowest BCUT2D eigenvalue weighted by atomic mass is 9.83. The summed E-state index contributed by atoms with van der Waals surface area (Å²) in [5, 5.41) is 0. The van der Waals surface area contributed by atoms with Crippen LogP contribution < -0.4 is 9.47 Å². The summed E-state index contributed by atoms with van der Waals surface area (Å²) in [4.78, 5) is 0. The zero-order valence-corrected chi connectivity index (χ0v) is 12.2. The Morgan fingerprint density at radius 3 is 2.24 bits per heavy atom. The molecule has 0 heterocycles. The quantitative estimate of drug-likeness (QED) is 0.746. The molecule has 2 fully saturated rings. The van der Waals surface area contributed by atoms with Crippen molar-refractivity contribution < 1.29 is 18.3 Å². The second-order valence-electron chi connectivity index (χ2n) is 6.15. The molecule has 0 aliphatic heterocycles. The van der Waals surface area contributed by atoms with Gasteiger partial charge in [0.05, 0.1) is 12.7 Å². The summed E-state index contributed by atoms with van der Waals surface area (Å²) < 4.78 is 38.9. The fourth-order valence-corrected chi connectivity index (χ4v) is 3.02. The van der Waals surface area contributed by atoms with E-state index in [-0.39, 0.29) is 17.6 Å². The van der Waals surface area contributed by atoms with Crippen molar-refractivity contribution in [2.24, 2.45) is 5.92 Å². The Morgan fingerprint density at radius 2 is 1.57 bits per heavy atom. The van der Waals surface area contributed by atoms with Crippen molar-refractivity contribution in [2.75, 3.05) is 6.61 Å². The zero-order chi connectivity index (χ0) is 14.7. The van der Waals surface area contributed by atoms with Crippen LogP contribution in [0.4, 0.5) is 8.78 Å². The summed E-state index contributed by atoms with van der Waals surface area (Å²) in [6.45, 7) is 0.448. The van der Waals surface area contributed by atoms with Gasteiger partial charge in [-0.1, -0.05) is 19.3 Å². The number of benzene rings is 1. The molecule has 116 valence electrons. The minimum absolute atomic E-state index is 0.00532. The molecule has 1 aromatic rings. The smallest absolute Gasteiger partial charge is 0.204 e. The Morgan fingerprint density at radius 1 is 0.905 bits per heavy atom. The lowest BCUT2D eigenvalue weighted by Gasteiger charge is -2.25. The molecule has 0 amide bonds. The number of halogens is 2. The van der Waals surface area contributed by atoms with E-state index < -0.39 is 11.6 Å². The van der Waals surface area contributed by atoms with Crippen LogP contribution >= 0.6 is 0 Å². The van der Waals surface area contributed by atoms with Gasteiger partial charge in [0, 0.05) is 0 Å². The number of ether oxygens (including phenoxy) is 2. The predicted octanol–water partition coefficient (Wildman–Crippen LogP) is 4.86. The van der Waals surface area contributed by atoms with E-state index in [9.17, 15) is 8.78 Å². The Balaban J connectivity index is 1.58. The van der Waals surface area contributed by atoms with Crippen LogP contribution in [0.2, 0.25) is 0 Å². The highest BCUT2D eigenvalue weighted by Gasteiger charge is 2.22. The first-order chi connectivity index (χ1) is 10.2. The Labute approximate surface area is 124 Å². The first-order valence-corrected chi connectivity index (χ1v) is 8.01. The maximum atomic E-state index is 14.0. The van der Waals surface area contributed by atoms with Crippen molar-refractivity contribution in [3.63, 3.8) is 0 Å². The predicted molar refractivity (Wildman–Crippen MR) is 76.7 cm³/mol. The van der Waals surface area contributed by atoms with Crippen LogP contribution in [-0.4, -0.2) is 12.7 Å². The van der Waals surface area contributed by atoms with Crippen LogP contribution in [-0.2, 0) is 0 Å². The number of hydrogen-bond acceptors (Lipinski definition) is 2. The van der Waals surface area contributed by atoms with Crippen LogP contribution in [0, 0.1) is 17.6 Å². The zero-order valence-electron chi connectivity index (χ0n) is 12.2. The molecule has 0 bridgehead atoms. The van der Waals surface area contributed by atoms with Crippen LogP contribution in [0.1, 0.15) is 51.4 Å². The third-order valence-corrected chi connectivity index (χ3v) is 4.62. The van der Waals surface area contributed by atoms with Gasteiger partial charge in [-0.3, -0.25) is 0 Å². The minimum Gasteiger partial charge on any atom is -0.490 e. The molecule has 0 N–H and O–H groups in total. The van der Waals surface area contributed by atoms with Crippen molar-refractivity contribution in [1.82, 2.24) is 0 Å². The molecular formula is C17H22F2O2. The van der Waals surface area contributed by atoms with Crippen molar-refractivity contribution in [1.29, 1.82) is 0 Å². The van der Waals surface area contributed by atoms with Gasteiger partial charge in [0.2, 0.25) is 11.6 Å². The molecule has 2 aliphatic carbocycles. The summed E-state index contributed by atoms with van der Waals surface area (Å²) in [7, 11) is 0. The van der Waals surface area contributed by atoms with E-state index in [1.165, 1.54) is 31.4 Å². The summed E-state index contributed by atoms with van der Waals surface area (Å²) in [6, 6.07) is 2.96. The van der Waals surface area contributed by atoms with Gasteiger partial charge in [0.1, 0.15) is 0 Å². The summed E-state index contributed by atoms with van der Waals surface area (Å²) in [5.41, 5.74) is 0. The summed E-state index contributed by atoms with van der Waals surface area (Å²) in [5.74, 6) is -1.17. The van der Waals surface area contributed by atoms with E-state index in [1.54, 1.807) is 0 Å². The molecule has 2 aliphatic rings. The van der Waals surface area contributed by atoms with Gasteiger partial charge >= 0.3 is 0 Å². The SMILES string of the molecule is Fc1c(OCCC2CCC2)ccc(OC2CCCC2)c1F. The van der Waals surface area contributed by atoms with Gasteiger partial charge in [0.15, 0.2) is 11.5 Å². The summed E-state index contributed by atoms with van der Waals surface area (Å²) in [6.07, 6.45) is 8.70. The maximum absolute atomic E-state index is 14.0. The second kappa shape index (κ2) is 6.63. The van der Waals surface area contributed by atoms with Crippen molar-refractivity contribution in [3.8, 4) is 11.5 Å². The fraction of sp³-hybridized carbons (Fsp3) is 0.647. The highest BCUT2D eigenvalue weighted by molar-refractivity contribution is 5.35. The molecule has 2 nitrogen and oxygen atoms in total. The Bertz CT molecular complexity index is 480. The largest absolute Gasteiger partial charge is 0.490 e. The topological polar surface area (TPSA) is 18.5 Å². The second-order valence-corrected chi connectivity index (χ2v) is 6.15. The van der Waals surface area contributed by atoms with Crippen LogP contribution in [0.3, 0.4) is 0 Å². The van der Waals surface area contributed by atoms with Crippen molar-refractivity contribution >= 4 is 0 Å². The Hall–Kier alpha value is -1.32. The monoisotopic (exact) mass is 296 g/mol. The van der Waals surface area contributed by atoms with E-state index in [2.05, 4.69) is 0 Å². The van der Waals surface area contributed by atoms with Crippen molar-refractivity contribution in [3.05, 3.63) is 23.8 Å². The molecule has 3 rings (SSSR count). The molecule has 0 atom stereocenters. The molecular weight excluding hydrogens is 274 g/mol. The molecule has 0 spiro atoms. The minimum atomic E-state index is -0.931. The third-order valence-electron chi connectivity index (χ3n) is 4.62. The third kappa shape index (κ3) is 3.47. The fourth-order valence-electron chi connectivity index (χ4n) is 3.02. The van der Waals surface area contributed by atoms with Gasteiger partial charge in [-0.2, -0.15) is 8.78 Å². The highest BCUT2D eigenvalue weighted by atomic mass is 19.2. The lowest BCUT2D eigenvalue weighted by molar-refractivity contribution is 0.193. The number of rotatable bonds is 6. The molecule has 0 radical (unpaired) electrons. The van der Waals surface area contributed by atoms with Gasteiger partial charge in [-0.05, 0) is 50.2 Å². The molecule has 2 saturated carbocycles. The standard InChI is InChI=1S/C17H22F2O2/c18-16-14(20-11-10-12-4-3-5-12)8-9-15(17(16)19)21-13-6-1-2-7-13/h8-9,12-13H,1-7,10-11H2. The number of hydrogen-bond donors (Lipinski definition) is 0. The van der Waals surface area contributed by atoms with E-state index in [4.69, 9.17) is 9.47 Å². The normalized spacial score (nSPS) is 19.5. The van der Waals surface area contributed by atoms with E-state index in [1.807, 2.05) is 0 Å². The van der Waals surface area contributed by atoms with Gasteiger partial charge < -0.3 is 9.47 Å². The summed E-state index contributed by atoms with van der Waals surface area (Å²) >= 11 is 0. The highest BCUT2D eigenvalue weighted by Crippen LogP contribution is 2.32. The molecule has 4 heteroatoms. The molecule has 0 saturated heterocycles. The molecule has 21 heavy (non-hydrogen) atoms. The molecule has 0 aromatic heterocycles. The maximum Gasteiger partial charge on any atom is 0.204 e. The van der Waals surface area contributed by atoms with Crippen LogP contribution in [0.25, 0.3) is 0 Å². The first-order valence-electron chi connectivity index (χ1n) is 8.01. The van der Waals surface area contributed by atoms with E-state index >= 15 is 0 Å².